The van der Waals surface area contributed by atoms with E-state index in [9.17, 15) is 19.2 Å². The van der Waals surface area contributed by atoms with Gasteiger partial charge in [0, 0.05) is 11.9 Å². The molecule has 0 spiro atoms. The summed E-state index contributed by atoms with van der Waals surface area (Å²) in [7, 11) is 1.27. The molecule has 0 saturated heterocycles. The molecule has 2 N–H and O–H groups in total. The number of hydrogen-bond acceptors (Lipinski definition) is 7. The second-order valence-electron chi connectivity index (χ2n) is 7.62. The molecule has 2 aromatic carbocycles. The Morgan fingerprint density at radius 2 is 1.76 bits per heavy atom. The molecule has 0 unspecified atom stereocenters. The summed E-state index contributed by atoms with van der Waals surface area (Å²) in [5, 5.41) is 0. The average Bonchev–Trinajstić information content (AvgIpc) is 2.80. The zero-order valence-corrected chi connectivity index (χ0v) is 19.5. The largest absolute Gasteiger partial charge is 0.457 e. The fourth-order valence-electron chi connectivity index (χ4n) is 3.22. The molecule has 0 aliphatic carbocycles. The van der Waals surface area contributed by atoms with Crippen molar-refractivity contribution in [1.82, 2.24) is 9.13 Å². The fourth-order valence-corrected chi connectivity index (χ4v) is 4.15. The van der Waals surface area contributed by atoms with E-state index in [0.717, 1.165) is 30.7 Å². The number of carbonyl (C=O) groups is 2. The molecule has 0 fully saturated rings. The molecule has 0 aliphatic heterocycles. The van der Waals surface area contributed by atoms with E-state index in [1.807, 2.05) is 38.1 Å². The molecule has 0 bridgehead atoms. The van der Waals surface area contributed by atoms with Gasteiger partial charge in [-0.05, 0) is 31.0 Å². The fraction of sp³-hybridized carbons (Fsp3) is 0.250. The summed E-state index contributed by atoms with van der Waals surface area (Å²) in [5.41, 5.74) is 7.10. The molecule has 0 saturated carbocycles. The number of nitrogens with zero attached hydrogens (tertiary/aromatic N) is 2. The number of ether oxygens (including phenoxy) is 1. The van der Waals surface area contributed by atoms with Gasteiger partial charge in [0.15, 0.2) is 6.61 Å². The maximum Gasteiger partial charge on any atom is 0.332 e. The van der Waals surface area contributed by atoms with E-state index in [4.69, 9.17) is 10.5 Å². The van der Waals surface area contributed by atoms with Crippen molar-refractivity contribution in [3.05, 3.63) is 91.6 Å². The van der Waals surface area contributed by atoms with Crippen LogP contribution in [0.15, 0.2) is 63.0 Å². The first-order valence-electron chi connectivity index (χ1n) is 10.2. The molecule has 0 amide bonds. The van der Waals surface area contributed by atoms with Crippen LogP contribution in [0.5, 0.6) is 0 Å². The minimum Gasteiger partial charge on any atom is -0.457 e. The van der Waals surface area contributed by atoms with Crippen molar-refractivity contribution >= 4 is 29.3 Å². The van der Waals surface area contributed by atoms with Crippen molar-refractivity contribution in [2.45, 2.75) is 25.3 Å². The Morgan fingerprint density at radius 3 is 2.45 bits per heavy atom. The second-order valence-corrected chi connectivity index (χ2v) is 8.64. The van der Waals surface area contributed by atoms with Gasteiger partial charge in [0.2, 0.25) is 5.78 Å². The van der Waals surface area contributed by atoms with Gasteiger partial charge in [0.25, 0.3) is 5.56 Å². The summed E-state index contributed by atoms with van der Waals surface area (Å²) in [6.45, 7) is 3.35. The number of hydrogen-bond donors (Lipinski definition) is 1. The van der Waals surface area contributed by atoms with E-state index in [1.165, 1.54) is 18.8 Å². The number of benzene rings is 2. The molecule has 9 heteroatoms. The Bertz CT molecular complexity index is 1310. The highest BCUT2D eigenvalue weighted by molar-refractivity contribution is 8.00. The van der Waals surface area contributed by atoms with Gasteiger partial charge in [-0.25, -0.2) is 4.79 Å². The van der Waals surface area contributed by atoms with Gasteiger partial charge < -0.3 is 10.5 Å². The summed E-state index contributed by atoms with van der Waals surface area (Å²) in [5.74, 6) is -1.60. The van der Waals surface area contributed by atoms with Crippen molar-refractivity contribution in [3.8, 4) is 0 Å². The van der Waals surface area contributed by atoms with Crippen LogP contribution in [0.1, 0.15) is 27.0 Å². The van der Waals surface area contributed by atoms with Crippen molar-refractivity contribution in [2.24, 2.45) is 7.05 Å². The van der Waals surface area contributed by atoms with Crippen LogP contribution in [0.2, 0.25) is 0 Å². The Morgan fingerprint density at radius 1 is 1.06 bits per heavy atom. The summed E-state index contributed by atoms with van der Waals surface area (Å²) in [4.78, 5) is 51.0. The van der Waals surface area contributed by atoms with Crippen LogP contribution in [0, 0.1) is 13.8 Å². The summed E-state index contributed by atoms with van der Waals surface area (Å²) in [6, 6.07) is 15.0. The van der Waals surface area contributed by atoms with Crippen LogP contribution in [0.3, 0.4) is 0 Å². The number of nitrogen functional groups attached to an aromatic ring is 1. The van der Waals surface area contributed by atoms with Crippen molar-refractivity contribution in [2.75, 3.05) is 18.1 Å². The predicted molar refractivity (Wildman–Crippen MR) is 128 cm³/mol. The number of ketones is 1. The third-order valence-corrected chi connectivity index (χ3v) is 6.23. The monoisotopic (exact) mass is 467 g/mol. The van der Waals surface area contributed by atoms with Gasteiger partial charge in [-0.15, -0.1) is 11.8 Å². The molecule has 3 rings (SSSR count). The topological polar surface area (TPSA) is 113 Å². The third-order valence-electron chi connectivity index (χ3n) is 5.10. The first-order chi connectivity index (χ1) is 15.7. The summed E-state index contributed by atoms with van der Waals surface area (Å²) >= 11 is 1.31. The first-order valence-corrected chi connectivity index (χ1v) is 11.2. The summed E-state index contributed by atoms with van der Waals surface area (Å²) in [6.07, 6.45) is 0. The number of thioether (sulfide) groups is 1. The average molecular weight is 468 g/mol. The van der Waals surface area contributed by atoms with Gasteiger partial charge in [0.1, 0.15) is 11.4 Å². The number of anilines is 1. The molecule has 0 radical (unpaired) electrons. The molecular weight excluding hydrogens is 442 g/mol. The number of Topliss-reactive ketones (excluding diaryl/α,β-unsaturated/α-hetero) is 1. The van der Waals surface area contributed by atoms with Crippen molar-refractivity contribution < 1.29 is 14.3 Å². The number of esters is 1. The van der Waals surface area contributed by atoms with Gasteiger partial charge in [-0.3, -0.25) is 23.5 Å². The van der Waals surface area contributed by atoms with Crippen LogP contribution in [-0.4, -0.2) is 33.2 Å². The van der Waals surface area contributed by atoms with Crippen molar-refractivity contribution in [3.63, 3.8) is 0 Å². The molecule has 8 nitrogen and oxygen atoms in total. The molecule has 33 heavy (non-hydrogen) atoms. The van der Waals surface area contributed by atoms with Crippen LogP contribution in [0.4, 0.5) is 5.82 Å². The maximum absolute atomic E-state index is 12.7. The lowest BCUT2D eigenvalue weighted by molar-refractivity contribution is -0.139. The van der Waals surface area contributed by atoms with Gasteiger partial charge in [-0.1, -0.05) is 48.0 Å². The van der Waals surface area contributed by atoms with E-state index >= 15 is 0 Å². The lowest BCUT2D eigenvalue weighted by Gasteiger charge is -2.14. The smallest absolute Gasteiger partial charge is 0.332 e. The van der Waals surface area contributed by atoms with E-state index < -0.39 is 29.6 Å². The van der Waals surface area contributed by atoms with Gasteiger partial charge in [-0.2, -0.15) is 0 Å². The minimum absolute atomic E-state index is 0.0125. The zero-order chi connectivity index (χ0) is 24.1. The van der Waals surface area contributed by atoms with Crippen LogP contribution < -0.4 is 17.0 Å². The molecule has 0 aliphatic rings. The molecule has 1 heterocycles. The molecule has 172 valence electrons. The van der Waals surface area contributed by atoms with E-state index in [1.54, 1.807) is 24.3 Å². The Hall–Kier alpha value is -3.59. The number of nitrogens with two attached hydrogens (primary N) is 1. The molecule has 3 aromatic rings. The maximum atomic E-state index is 12.7. The third kappa shape index (κ3) is 5.61. The van der Waals surface area contributed by atoms with E-state index in [-0.39, 0.29) is 23.7 Å². The highest BCUT2D eigenvalue weighted by Crippen LogP contribution is 2.23. The molecule has 0 atom stereocenters. The second kappa shape index (κ2) is 10.4. The highest BCUT2D eigenvalue weighted by atomic mass is 32.2. The standard InChI is InChI=1S/C24H25N3O5S/c1-15-9-10-16(2)19(11-15)33-14-20(29)32-13-18(28)21-22(25)27(24(31)26(3)23(21)30)12-17-7-5-4-6-8-17/h4-11H,12-14,25H2,1-3H3. The number of aryl methyl sites for hydroxylation is 2. The van der Waals surface area contributed by atoms with Crippen LogP contribution in [-0.2, 0) is 23.1 Å². The molecular formula is C24H25N3O5S. The van der Waals surface area contributed by atoms with Gasteiger partial charge >= 0.3 is 11.7 Å². The summed E-state index contributed by atoms with van der Waals surface area (Å²) < 4.78 is 7.07. The van der Waals surface area contributed by atoms with E-state index in [2.05, 4.69) is 0 Å². The lowest BCUT2D eigenvalue weighted by Crippen LogP contribution is -2.43. The number of carbonyl (C=O) groups excluding carboxylic acids is 2. The molecule has 1 aromatic heterocycles. The Labute approximate surface area is 195 Å². The normalized spacial score (nSPS) is 10.8. The quantitative estimate of drug-likeness (QED) is 0.307. The van der Waals surface area contributed by atoms with Gasteiger partial charge in [0.05, 0.1) is 12.3 Å². The van der Waals surface area contributed by atoms with E-state index in [0.29, 0.717) is 0 Å². The Kier molecular flexibility index (Phi) is 7.55. The van der Waals surface area contributed by atoms with Crippen molar-refractivity contribution in [1.29, 1.82) is 0 Å². The zero-order valence-electron chi connectivity index (χ0n) is 18.7. The minimum atomic E-state index is -0.826. The number of rotatable bonds is 8. The Balaban J connectivity index is 1.74. The predicted octanol–water partition coefficient (Wildman–Crippen LogP) is 2.31. The van der Waals surface area contributed by atoms with Crippen LogP contribution in [0.25, 0.3) is 0 Å². The SMILES string of the molecule is Cc1ccc(C)c(SCC(=O)OCC(=O)c2c(N)n(Cc3ccccc3)c(=O)n(C)c2=O)c1. The lowest BCUT2D eigenvalue weighted by atomic mass is 10.2. The van der Waals surface area contributed by atoms with Crippen LogP contribution >= 0.6 is 11.8 Å². The highest BCUT2D eigenvalue weighted by Gasteiger charge is 2.23. The first kappa shape index (κ1) is 24.1. The number of aromatic nitrogens is 2.